The number of aromatic nitrogens is 2. The maximum atomic E-state index is 5.35. The third-order valence-electron chi connectivity index (χ3n) is 2.52. The summed E-state index contributed by atoms with van der Waals surface area (Å²) < 4.78 is 5.35. The molecule has 0 aliphatic heterocycles. The lowest BCUT2D eigenvalue weighted by atomic mass is 10.3. The normalized spacial score (nSPS) is 10.4. The highest BCUT2D eigenvalue weighted by Gasteiger charge is 2.04. The van der Waals surface area contributed by atoms with Crippen molar-refractivity contribution in [3.05, 3.63) is 34.3 Å². The Balaban J connectivity index is 2.05. The summed E-state index contributed by atoms with van der Waals surface area (Å²) in [6.45, 7) is 3.80. The Kier molecular flexibility index (Phi) is 5.11. The van der Waals surface area contributed by atoms with Gasteiger partial charge in [-0.25, -0.2) is 9.97 Å². The molecular formula is C13H18N4OS. The highest BCUT2D eigenvalue weighted by atomic mass is 32.1. The van der Waals surface area contributed by atoms with Gasteiger partial charge in [0.1, 0.15) is 18.2 Å². The molecule has 2 aromatic heterocycles. The Labute approximate surface area is 117 Å². The molecule has 0 aliphatic rings. The number of ether oxygens (including phenoxy) is 1. The van der Waals surface area contributed by atoms with Crippen molar-refractivity contribution in [3.8, 4) is 0 Å². The van der Waals surface area contributed by atoms with Crippen molar-refractivity contribution in [1.29, 1.82) is 0 Å². The molecule has 19 heavy (non-hydrogen) atoms. The molecule has 0 radical (unpaired) electrons. The van der Waals surface area contributed by atoms with E-state index < -0.39 is 0 Å². The van der Waals surface area contributed by atoms with Gasteiger partial charge in [0.05, 0.1) is 0 Å². The van der Waals surface area contributed by atoms with Gasteiger partial charge in [0.25, 0.3) is 0 Å². The Morgan fingerprint density at radius 1 is 1.32 bits per heavy atom. The number of thiophene rings is 1. The zero-order valence-electron chi connectivity index (χ0n) is 11.1. The van der Waals surface area contributed by atoms with E-state index in [0.29, 0.717) is 19.0 Å². The highest BCUT2D eigenvalue weighted by molar-refractivity contribution is 7.07. The van der Waals surface area contributed by atoms with Crippen LogP contribution in [0, 0.1) is 0 Å². The summed E-state index contributed by atoms with van der Waals surface area (Å²) in [5.74, 6) is 2.28. The molecule has 5 nitrogen and oxygen atoms in total. The smallest absolute Gasteiger partial charge is 0.158 e. The van der Waals surface area contributed by atoms with Crippen molar-refractivity contribution in [2.75, 3.05) is 24.3 Å². The van der Waals surface area contributed by atoms with E-state index in [1.807, 2.05) is 20.0 Å². The summed E-state index contributed by atoms with van der Waals surface area (Å²) in [6.07, 6.45) is 0. The molecule has 2 aromatic rings. The van der Waals surface area contributed by atoms with Crippen LogP contribution in [0.4, 0.5) is 11.6 Å². The minimum Gasteiger partial charge on any atom is -0.374 e. The monoisotopic (exact) mass is 278 g/mol. The quantitative estimate of drug-likeness (QED) is 0.815. The van der Waals surface area contributed by atoms with E-state index in [9.17, 15) is 0 Å². The molecule has 2 N–H and O–H groups in total. The molecule has 0 spiro atoms. The highest BCUT2D eigenvalue weighted by Crippen LogP contribution is 2.14. The molecule has 0 amide bonds. The third kappa shape index (κ3) is 4.18. The minimum atomic E-state index is 0.430. The summed E-state index contributed by atoms with van der Waals surface area (Å²) >= 11 is 1.69. The van der Waals surface area contributed by atoms with E-state index >= 15 is 0 Å². The van der Waals surface area contributed by atoms with E-state index in [2.05, 4.69) is 37.4 Å². The maximum Gasteiger partial charge on any atom is 0.158 e. The Morgan fingerprint density at radius 3 is 2.84 bits per heavy atom. The lowest BCUT2D eigenvalue weighted by molar-refractivity contribution is 0.128. The van der Waals surface area contributed by atoms with Crippen molar-refractivity contribution in [1.82, 2.24) is 9.97 Å². The number of anilines is 2. The first-order valence-corrected chi connectivity index (χ1v) is 7.14. The molecule has 102 valence electrons. The van der Waals surface area contributed by atoms with Gasteiger partial charge in [-0.3, -0.25) is 0 Å². The standard InChI is InChI=1S/C13H18N4OS/c1-3-18-8-13-16-11(14-2)6-12(17-13)15-7-10-4-5-19-9-10/h4-6,9H,3,7-8H2,1-2H3,(H2,14,15,16,17). The molecule has 0 bridgehead atoms. The predicted octanol–water partition coefficient (Wildman–Crippen LogP) is 2.73. The van der Waals surface area contributed by atoms with Crippen LogP contribution < -0.4 is 10.6 Å². The number of nitrogens with one attached hydrogen (secondary N) is 2. The predicted molar refractivity (Wildman–Crippen MR) is 78.6 cm³/mol. The first-order valence-electron chi connectivity index (χ1n) is 6.20. The van der Waals surface area contributed by atoms with Crippen molar-refractivity contribution >= 4 is 23.0 Å². The summed E-state index contributed by atoms with van der Waals surface area (Å²) in [5.41, 5.74) is 1.25. The molecule has 6 heteroatoms. The van der Waals surface area contributed by atoms with Gasteiger partial charge in [-0.15, -0.1) is 0 Å². The number of hydrogen-bond donors (Lipinski definition) is 2. The van der Waals surface area contributed by atoms with E-state index in [4.69, 9.17) is 4.74 Å². The van der Waals surface area contributed by atoms with Crippen molar-refractivity contribution in [3.63, 3.8) is 0 Å². The summed E-state index contributed by atoms with van der Waals surface area (Å²) in [4.78, 5) is 8.78. The fourth-order valence-electron chi connectivity index (χ4n) is 1.56. The van der Waals surface area contributed by atoms with Gasteiger partial charge in [-0.05, 0) is 29.3 Å². The van der Waals surface area contributed by atoms with Crippen molar-refractivity contribution in [2.45, 2.75) is 20.1 Å². The molecule has 0 aromatic carbocycles. The topological polar surface area (TPSA) is 59.1 Å². The van der Waals surface area contributed by atoms with Crippen LogP contribution in [0.2, 0.25) is 0 Å². The number of nitrogens with zero attached hydrogens (tertiary/aromatic N) is 2. The minimum absolute atomic E-state index is 0.430. The van der Waals surface area contributed by atoms with Gasteiger partial charge in [0, 0.05) is 26.3 Å². The molecule has 0 atom stereocenters. The molecule has 0 aliphatic carbocycles. The molecular weight excluding hydrogens is 260 g/mol. The molecule has 2 rings (SSSR count). The summed E-state index contributed by atoms with van der Waals surface area (Å²) in [5, 5.41) is 10.5. The lowest BCUT2D eigenvalue weighted by Crippen LogP contribution is -2.07. The number of rotatable bonds is 7. The van der Waals surface area contributed by atoms with Crippen LogP contribution in [-0.4, -0.2) is 23.6 Å². The molecule has 0 unspecified atom stereocenters. The van der Waals surface area contributed by atoms with Gasteiger partial charge < -0.3 is 15.4 Å². The van der Waals surface area contributed by atoms with Gasteiger partial charge >= 0.3 is 0 Å². The fourth-order valence-corrected chi connectivity index (χ4v) is 2.23. The molecule has 0 fully saturated rings. The van der Waals surface area contributed by atoms with Gasteiger partial charge in [0.15, 0.2) is 5.82 Å². The summed E-state index contributed by atoms with van der Waals surface area (Å²) in [7, 11) is 1.84. The van der Waals surface area contributed by atoms with Crippen LogP contribution in [0.25, 0.3) is 0 Å². The van der Waals surface area contributed by atoms with E-state index in [-0.39, 0.29) is 0 Å². The van der Waals surface area contributed by atoms with Crippen LogP contribution in [0.15, 0.2) is 22.9 Å². The van der Waals surface area contributed by atoms with Crippen molar-refractivity contribution < 1.29 is 4.74 Å². The largest absolute Gasteiger partial charge is 0.374 e. The first-order chi connectivity index (χ1) is 9.31. The SMILES string of the molecule is CCOCc1nc(NC)cc(NCc2ccsc2)n1. The third-order valence-corrected chi connectivity index (χ3v) is 3.25. The van der Waals surface area contributed by atoms with Crippen LogP contribution in [0.1, 0.15) is 18.3 Å². The molecule has 0 saturated carbocycles. The van der Waals surface area contributed by atoms with E-state index in [1.54, 1.807) is 11.3 Å². The number of hydrogen-bond acceptors (Lipinski definition) is 6. The van der Waals surface area contributed by atoms with Crippen LogP contribution >= 0.6 is 11.3 Å². The zero-order chi connectivity index (χ0) is 13.5. The first kappa shape index (κ1) is 13.8. The molecule has 2 heterocycles. The Bertz CT molecular complexity index is 501. The van der Waals surface area contributed by atoms with Crippen LogP contribution in [-0.2, 0) is 17.9 Å². The van der Waals surface area contributed by atoms with E-state index in [1.165, 1.54) is 5.56 Å². The Hall–Kier alpha value is -1.66. The maximum absolute atomic E-state index is 5.35. The van der Waals surface area contributed by atoms with Crippen LogP contribution in [0.3, 0.4) is 0 Å². The van der Waals surface area contributed by atoms with Gasteiger partial charge in [-0.1, -0.05) is 0 Å². The average Bonchev–Trinajstić information content (AvgIpc) is 2.96. The molecule has 0 saturated heterocycles. The fraction of sp³-hybridized carbons (Fsp3) is 0.385. The lowest BCUT2D eigenvalue weighted by Gasteiger charge is -2.09. The van der Waals surface area contributed by atoms with Gasteiger partial charge in [0.2, 0.25) is 0 Å². The second-order valence-corrected chi connectivity index (χ2v) is 4.71. The van der Waals surface area contributed by atoms with Crippen molar-refractivity contribution in [2.24, 2.45) is 0 Å². The van der Waals surface area contributed by atoms with Gasteiger partial charge in [-0.2, -0.15) is 11.3 Å². The average molecular weight is 278 g/mol. The van der Waals surface area contributed by atoms with E-state index in [0.717, 1.165) is 18.2 Å². The Morgan fingerprint density at radius 2 is 2.16 bits per heavy atom. The van der Waals surface area contributed by atoms with Crippen LogP contribution in [0.5, 0.6) is 0 Å². The summed E-state index contributed by atoms with van der Waals surface area (Å²) in [6, 6.07) is 3.99. The zero-order valence-corrected chi connectivity index (χ0v) is 12.0. The second-order valence-electron chi connectivity index (χ2n) is 3.93. The second kappa shape index (κ2) is 7.06.